The second-order valence-electron chi connectivity index (χ2n) is 6.07. The van der Waals surface area contributed by atoms with Gasteiger partial charge in [-0.25, -0.2) is 0 Å². The van der Waals surface area contributed by atoms with Crippen LogP contribution in [0.1, 0.15) is 32.5 Å². The third kappa shape index (κ3) is 2.66. The van der Waals surface area contributed by atoms with E-state index in [4.69, 9.17) is 11.6 Å². The number of alkyl halides is 1. The van der Waals surface area contributed by atoms with Crippen molar-refractivity contribution in [3.63, 3.8) is 0 Å². The lowest BCUT2D eigenvalue weighted by Crippen LogP contribution is -2.00. The van der Waals surface area contributed by atoms with Gasteiger partial charge in [0.2, 0.25) is 5.78 Å². The van der Waals surface area contributed by atoms with E-state index >= 15 is 0 Å². The van der Waals surface area contributed by atoms with Gasteiger partial charge in [-0.1, -0.05) is 6.07 Å². The first-order chi connectivity index (χ1) is 12.6. The zero-order valence-corrected chi connectivity index (χ0v) is 15.7. The minimum atomic E-state index is -0.100. The number of hydrogen-bond donors (Lipinski definition) is 0. The minimum Gasteiger partial charge on any atom is -0.341 e. The van der Waals surface area contributed by atoms with Gasteiger partial charge in [0.15, 0.2) is 5.78 Å². The largest absolute Gasteiger partial charge is 0.341 e. The molecule has 4 aromatic rings. The highest BCUT2D eigenvalue weighted by molar-refractivity contribution is 7.12. The van der Waals surface area contributed by atoms with E-state index in [1.165, 1.54) is 11.3 Å². The van der Waals surface area contributed by atoms with Crippen LogP contribution in [-0.4, -0.2) is 22.0 Å². The molecule has 0 aliphatic carbocycles. The van der Waals surface area contributed by atoms with E-state index in [1.807, 2.05) is 53.9 Å². The van der Waals surface area contributed by atoms with Crippen LogP contribution in [0.5, 0.6) is 0 Å². The summed E-state index contributed by atoms with van der Waals surface area (Å²) in [5.74, 6) is -0.121. The number of thiophene rings is 1. The van der Waals surface area contributed by atoms with Gasteiger partial charge in [0.1, 0.15) is 0 Å². The van der Waals surface area contributed by atoms with Gasteiger partial charge in [0.05, 0.1) is 10.8 Å². The van der Waals surface area contributed by atoms with E-state index in [0.29, 0.717) is 11.1 Å². The van der Waals surface area contributed by atoms with Crippen LogP contribution < -0.4 is 0 Å². The zero-order chi connectivity index (χ0) is 18.3. The number of aromatic nitrogens is 1. The van der Waals surface area contributed by atoms with E-state index in [0.717, 1.165) is 33.2 Å². The summed E-state index contributed by atoms with van der Waals surface area (Å²) in [6, 6.07) is 15.2. The van der Waals surface area contributed by atoms with E-state index in [1.54, 1.807) is 0 Å². The van der Waals surface area contributed by atoms with Crippen molar-refractivity contribution in [2.24, 2.45) is 0 Å². The molecule has 4 rings (SSSR count). The van der Waals surface area contributed by atoms with Gasteiger partial charge in [-0.3, -0.25) is 9.59 Å². The Morgan fingerprint density at radius 1 is 1.00 bits per heavy atom. The smallest absolute Gasteiger partial charge is 0.202 e. The standard InChI is InChI=1S/C21H16ClNO2S/c1-2-23-17-7-5-13(19(24)12-22)10-15(17)16-11-14(6-8-18(16)23)21(25)20-4-3-9-26-20/h3-11H,2,12H2,1H3. The highest BCUT2D eigenvalue weighted by Crippen LogP contribution is 2.31. The number of rotatable bonds is 5. The molecule has 2 heterocycles. The lowest BCUT2D eigenvalue weighted by molar-refractivity contribution is 0.101. The quantitative estimate of drug-likeness (QED) is 0.337. The number of hydrogen-bond acceptors (Lipinski definition) is 3. The molecule has 0 aliphatic rings. The van der Waals surface area contributed by atoms with Crippen molar-refractivity contribution in [2.75, 3.05) is 5.88 Å². The molecular weight excluding hydrogens is 366 g/mol. The molecule has 26 heavy (non-hydrogen) atoms. The maximum absolute atomic E-state index is 12.7. The Morgan fingerprint density at radius 3 is 2.23 bits per heavy atom. The highest BCUT2D eigenvalue weighted by atomic mass is 35.5. The maximum Gasteiger partial charge on any atom is 0.202 e. The number of aryl methyl sites for hydroxylation is 1. The van der Waals surface area contributed by atoms with E-state index in [2.05, 4.69) is 11.5 Å². The molecule has 0 aliphatic heterocycles. The lowest BCUT2D eigenvalue weighted by Gasteiger charge is -2.04. The van der Waals surface area contributed by atoms with E-state index < -0.39 is 0 Å². The zero-order valence-electron chi connectivity index (χ0n) is 14.2. The molecule has 2 aromatic carbocycles. The number of fused-ring (bicyclic) bond motifs is 3. The van der Waals surface area contributed by atoms with Crippen LogP contribution in [0.15, 0.2) is 53.9 Å². The third-order valence-electron chi connectivity index (χ3n) is 4.63. The van der Waals surface area contributed by atoms with Gasteiger partial charge < -0.3 is 4.57 Å². The molecular formula is C21H16ClNO2S. The molecule has 0 bridgehead atoms. The second-order valence-corrected chi connectivity index (χ2v) is 7.29. The number of ketones is 2. The predicted molar refractivity (Wildman–Crippen MR) is 108 cm³/mol. The Hall–Kier alpha value is -2.43. The average Bonchev–Trinajstić information content (AvgIpc) is 3.32. The lowest BCUT2D eigenvalue weighted by atomic mass is 10.0. The van der Waals surface area contributed by atoms with Gasteiger partial charge in [0.25, 0.3) is 0 Å². The summed E-state index contributed by atoms with van der Waals surface area (Å²) in [4.78, 5) is 25.4. The van der Waals surface area contributed by atoms with Gasteiger partial charge in [-0.05, 0) is 54.8 Å². The fourth-order valence-corrected chi connectivity index (χ4v) is 4.23. The van der Waals surface area contributed by atoms with E-state index in [9.17, 15) is 9.59 Å². The molecule has 3 nitrogen and oxygen atoms in total. The predicted octanol–water partition coefficient (Wildman–Crippen LogP) is 5.53. The molecule has 0 fully saturated rings. The van der Waals surface area contributed by atoms with Crippen molar-refractivity contribution in [1.29, 1.82) is 0 Å². The topological polar surface area (TPSA) is 39.1 Å². The molecule has 0 saturated heterocycles. The number of carbonyl (C=O) groups is 2. The Morgan fingerprint density at radius 2 is 1.65 bits per heavy atom. The van der Waals surface area contributed by atoms with Gasteiger partial charge in [-0.2, -0.15) is 0 Å². The normalized spacial score (nSPS) is 11.3. The summed E-state index contributed by atoms with van der Waals surface area (Å²) in [6.45, 7) is 2.89. The molecule has 0 radical (unpaired) electrons. The van der Waals surface area contributed by atoms with Crippen LogP contribution >= 0.6 is 22.9 Å². The summed E-state index contributed by atoms with van der Waals surface area (Å²) in [5.41, 5.74) is 3.36. The van der Waals surface area contributed by atoms with Crippen molar-refractivity contribution >= 4 is 56.3 Å². The van der Waals surface area contributed by atoms with Crippen molar-refractivity contribution in [3.8, 4) is 0 Å². The molecule has 0 saturated carbocycles. The molecule has 0 N–H and O–H groups in total. The van der Waals surface area contributed by atoms with Crippen LogP contribution in [0.4, 0.5) is 0 Å². The number of carbonyl (C=O) groups excluding carboxylic acids is 2. The monoisotopic (exact) mass is 381 g/mol. The Bertz CT molecular complexity index is 1140. The summed E-state index contributed by atoms with van der Waals surface area (Å²) in [5, 5.41) is 3.85. The first-order valence-electron chi connectivity index (χ1n) is 8.37. The maximum atomic E-state index is 12.7. The van der Waals surface area contributed by atoms with Crippen molar-refractivity contribution in [2.45, 2.75) is 13.5 Å². The van der Waals surface area contributed by atoms with Crippen LogP contribution in [0.3, 0.4) is 0 Å². The molecule has 0 amide bonds. The SMILES string of the molecule is CCn1c2ccc(C(=O)CCl)cc2c2cc(C(=O)c3cccs3)ccc21. The van der Waals surface area contributed by atoms with Crippen molar-refractivity contribution in [3.05, 3.63) is 69.9 Å². The second kappa shape index (κ2) is 6.71. The van der Waals surface area contributed by atoms with E-state index in [-0.39, 0.29) is 17.4 Å². The summed E-state index contributed by atoms with van der Waals surface area (Å²) in [7, 11) is 0. The molecule has 130 valence electrons. The van der Waals surface area contributed by atoms with Crippen molar-refractivity contribution in [1.82, 2.24) is 4.57 Å². The molecule has 2 aromatic heterocycles. The summed E-state index contributed by atoms with van der Waals surface area (Å²) in [6.07, 6.45) is 0. The first-order valence-corrected chi connectivity index (χ1v) is 9.79. The fraction of sp³-hybridized carbons (Fsp3) is 0.143. The van der Waals surface area contributed by atoms with Crippen LogP contribution in [-0.2, 0) is 6.54 Å². The Balaban J connectivity index is 1.96. The minimum absolute atomic E-state index is 0.0206. The number of nitrogens with zero attached hydrogens (tertiary/aromatic N) is 1. The number of benzene rings is 2. The number of halogens is 1. The Kier molecular flexibility index (Phi) is 4.39. The van der Waals surface area contributed by atoms with Crippen LogP contribution in [0.25, 0.3) is 21.8 Å². The summed E-state index contributed by atoms with van der Waals surface area (Å²) < 4.78 is 2.19. The Labute approximate surface area is 159 Å². The number of Topliss-reactive ketones (excluding diaryl/α,β-unsaturated/α-hetero) is 1. The van der Waals surface area contributed by atoms with Crippen LogP contribution in [0.2, 0.25) is 0 Å². The fourth-order valence-electron chi connectivity index (χ4n) is 3.39. The third-order valence-corrected chi connectivity index (χ3v) is 5.74. The van der Waals surface area contributed by atoms with Gasteiger partial charge >= 0.3 is 0 Å². The molecule has 0 unspecified atom stereocenters. The average molecular weight is 382 g/mol. The molecule has 0 atom stereocenters. The van der Waals surface area contributed by atoms with Crippen molar-refractivity contribution < 1.29 is 9.59 Å². The first kappa shape index (κ1) is 17.0. The van der Waals surface area contributed by atoms with Gasteiger partial charge in [-0.15, -0.1) is 22.9 Å². The molecule has 0 spiro atoms. The van der Waals surface area contributed by atoms with Gasteiger partial charge in [0, 0.05) is 39.5 Å². The van der Waals surface area contributed by atoms with Crippen LogP contribution in [0, 0.1) is 0 Å². The highest BCUT2D eigenvalue weighted by Gasteiger charge is 2.16. The molecule has 5 heteroatoms. The summed E-state index contributed by atoms with van der Waals surface area (Å²) >= 11 is 7.15.